The Labute approximate surface area is 130 Å². The molecule has 0 fully saturated rings. The highest BCUT2D eigenvalue weighted by molar-refractivity contribution is 5.91. The molecule has 1 N–H and O–H groups in total. The number of nitrogens with one attached hydrogen (secondary N) is 1. The molecule has 1 aromatic heterocycles. The lowest BCUT2D eigenvalue weighted by Crippen LogP contribution is -2.22. The summed E-state index contributed by atoms with van der Waals surface area (Å²) in [7, 11) is 0. The normalized spacial score (nSPS) is 13.5. The predicted octanol–water partition coefficient (Wildman–Crippen LogP) is 2.12. The molecule has 2 aromatic rings. The maximum Gasteiger partial charge on any atom is 0.244 e. The Hall–Kier alpha value is -2.43. The third kappa shape index (κ3) is 3.24. The van der Waals surface area contributed by atoms with E-state index in [1.165, 1.54) is 5.56 Å². The van der Waals surface area contributed by atoms with Crippen LogP contribution in [0.4, 0.5) is 0 Å². The van der Waals surface area contributed by atoms with E-state index < -0.39 is 0 Å². The minimum absolute atomic E-state index is 0.116. The molecule has 114 valence electrons. The number of aryl methyl sites for hydroxylation is 2. The number of aromatic nitrogens is 3. The van der Waals surface area contributed by atoms with Crippen molar-refractivity contribution in [1.29, 1.82) is 0 Å². The van der Waals surface area contributed by atoms with E-state index in [0.29, 0.717) is 6.54 Å². The first-order valence-corrected chi connectivity index (χ1v) is 7.72. The molecule has 1 aromatic carbocycles. The number of nitrogens with zero attached hydrogens (tertiary/aromatic N) is 3. The van der Waals surface area contributed by atoms with Crippen molar-refractivity contribution in [3.63, 3.8) is 0 Å². The van der Waals surface area contributed by atoms with E-state index in [-0.39, 0.29) is 5.91 Å². The second kappa shape index (κ2) is 6.56. The fourth-order valence-corrected chi connectivity index (χ4v) is 2.60. The largest absolute Gasteiger partial charge is 0.345 e. The van der Waals surface area contributed by atoms with Crippen LogP contribution in [-0.2, 0) is 30.7 Å². The Balaban J connectivity index is 1.54. The van der Waals surface area contributed by atoms with E-state index in [1.807, 2.05) is 18.2 Å². The van der Waals surface area contributed by atoms with Crippen LogP contribution < -0.4 is 5.32 Å². The van der Waals surface area contributed by atoms with Gasteiger partial charge in [-0.15, -0.1) is 10.2 Å². The van der Waals surface area contributed by atoms with Crippen LogP contribution in [-0.4, -0.2) is 20.7 Å². The summed E-state index contributed by atoms with van der Waals surface area (Å²) in [6.07, 6.45) is 6.49. The molecule has 0 radical (unpaired) electrons. The van der Waals surface area contributed by atoms with Crippen LogP contribution in [0.1, 0.15) is 36.1 Å². The molecule has 5 heteroatoms. The Bertz CT molecular complexity index is 685. The van der Waals surface area contributed by atoms with Gasteiger partial charge in [-0.1, -0.05) is 31.2 Å². The van der Waals surface area contributed by atoms with Crippen LogP contribution in [0.3, 0.4) is 0 Å². The molecule has 0 spiro atoms. The number of hydrogen-bond acceptors (Lipinski definition) is 3. The molecule has 2 heterocycles. The molecule has 22 heavy (non-hydrogen) atoms. The molecule has 3 rings (SSSR count). The summed E-state index contributed by atoms with van der Waals surface area (Å²) in [5, 5.41) is 11.1. The maximum absolute atomic E-state index is 11.9. The third-order valence-corrected chi connectivity index (χ3v) is 3.92. The maximum atomic E-state index is 11.9. The highest BCUT2D eigenvalue weighted by atomic mass is 16.1. The van der Waals surface area contributed by atoms with Crippen molar-refractivity contribution >= 4 is 12.0 Å². The van der Waals surface area contributed by atoms with Gasteiger partial charge in [0.25, 0.3) is 0 Å². The van der Waals surface area contributed by atoms with E-state index in [1.54, 1.807) is 6.08 Å². The van der Waals surface area contributed by atoms with Crippen molar-refractivity contribution in [2.24, 2.45) is 0 Å². The molecule has 0 aliphatic carbocycles. The molecule has 0 bridgehead atoms. The van der Waals surface area contributed by atoms with Gasteiger partial charge >= 0.3 is 0 Å². The zero-order valence-corrected chi connectivity index (χ0v) is 12.7. The number of hydrogen-bond donors (Lipinski definition) is 1. The van der Waals surface area contributed by atoms with Crippen LogP contribution in [0.2, 0.25) is 0 Å². The molecular formula is C17H20N4O. The lowest BCUT2D eigenvalue weighted by Gasteiger charge is -2.03. The summed E-state index contributed by atoms with van der Waals surface area (Å²) < 4.78 is 2.09. The second-order valence-electron chi connectivity index (χ2n) is 5.43. The number of carbonyl (C=O) groups excluding carboxylic acids is 1. The van der Waals surface area contributed by atoms with E-state index >= 15 is 0 Å². The van der Waals surface area contributed by atoms with Crippen LogP contribution >= 0.6 is 0 Å². The minimum Gasteiger partial charge on any atom is -0.345 e. The predicted molar refractivity (Wildman–Crippen MR) is 85.0 cm³/mol. The minimum atomic E-state index is -0.116. The lowest BCUT2D eigenvalue weighted by molar-refractivity contribution is -0.116. The first kappa shape index (κ1) is 14.5. The fourth-order valence-electron chi connectivity index (χ4n) is 2.60. The van der Waals surface area contributed by atoms with E-state index in [0.717, 1.165) is 43.0 Å². The monoisotopic (exact) mass is 296 g/mol. The Kier molecular flexibility index (Phi) is 4.32. The molecule has 0 unspecified atom stereocenters. The zero-order valence-electron chi connectivity index (χ0n) is 12.7. The van der Waals surface area contributed by atoms with Gasteiger partial charge in [0.15, 0.2) is 5.82 Å². The molecule has 0 saturated heterocycles. The van der Waals surface area contributed by atoms with Crippen LogP contribution in [0.25, 0.3) is 6.08 Å². The Morgan fingerprint density at radius 3 is 2.91 bits per heavy atom. The fraction of sp³-hybridized carbons (Fsp3) is 0.353. The molecule has 1 aliphatic rings. The topological polar surface area (TPSA) is 59.8 Å². The third-order valence-electron chi connectivity index (χ3n) is 3.92. The first-order chi connectivity index (χ1) is 10.8. The number of benzene rings is 1. The van der Waals surface area contributed by atoms with Crippen LogP contribution in [0.15, 0.2) is 30.3 Å². The van der Waals surface area contributed by atoms with Crippen molar-refractivity contribution in [2.45, 2.75) is 39.3 Å². The standard InChI is InChI=1S/C17H20N4O/c1-2-13-5-7-14(8-6-13)9-10-17(22)18-12-16-20-19-15-4-3-11-21(15)16/h5-10H,2-4,11-12H2,1H3,(H,18,22). The summed E-state index contributed by atoms with van der Waals surface area (Å²) >= 11 is 0. The molecule has 0 atom stereocenters. The smallest absolute Gasteiger partial charge is 0.244 e. The van der Waals surface area contributed by atoms with E-state index in [4.69, 9.17) is 0 Å². The van der Waals surface area contributed by atoms with Crippen molar-refractivity contribution in [3.8, 4) is 0 Å². The van der Waals surface area contributed by atoms with Gasteiger partial charge in [0.05, 0.1) is 6.54 Å². The van der Waals surface area contributed by atoms with Crippen LogP contribution in [0.5, 0.6) is 0 Å². The van der Waals surface area contributed by atoms with Gasteiger partial charge in [-0.3, -0.25) is 4.79 Å². The van der Waals surface area contributed by atoms with Crippen molar-refractivity contribution < 1.29 is 4.79 Å². The molecular weight excluding hydrogens is 276 g/mol. The quantitative estimate of drug-likeness (QED) is 0.860. The highest BCUT2D eigenvalue weighted by Gasteiger charge is 2.16. The van der Waals surface area contributed by atoms with Crippen molar-refractivity contribution in [3.05, 3.63) is 53.1 Å². The van der Waals surface area contributed by atoms with Gasteiger partial charge in [-0.05, 0) is 30.0 Å². The Morgan fingerprint density at radius 1 is 1.32 bits per heavy atom. The number of carbonyl (C=O) groups is 1. The van der Waals surface area contributed by atoms with E-state index in [9.17, 15) is 4.79 Å². The summed E-state index contributed by atoms with van der Waals surface area (Å²) in [5.41, 5.74) is 2.32. The van der Waals surface area contributed by atoms with Gasteiger partial charge in [-0.2, -0.15) is 0 Å². The summed E-state index contributed by atoms with van der Waals surface area (Å²) in [4.78, 5) is 11.9. The van der Waals surface area contributed by atoms with Gasteiger partial charge in [0.2, 0.25) is 5.91 Å². The van der Waals surface area contributed by atoms with Gasteiger partial charge < -0.3 is 9.88 Å². The average molecular weight is 296 g/mol. The highest BCUT2D eigenvalue weighted by Crippen LogP contribution is 2.13. The van der Waals surface area contributed by atoms with E-state index in [2.05, 4.69) is 39.1 Å². The summed E-state index contributed by atoms with van der Waals surface area (Å²) in [6.45, 7) is 3.50. The molecule has 0 saturated carbocycles. The van der Waals surface area contributed by atoms with Gasteiger partial charge in [0.1, 0.15) is 5.82 Å². The summed E-state index contributed by atoms with van der Waals surface area (Å²) in [5.74, 6) is 1.74. The average Bonchev–Trinajstić information content (AvgIpc) is 3.15. The lowest BCUT2D eigenvalue weighted by atomic mass is 10.1. The SMILES string of the molecule is CCc1ccc(C=CC(=O)NCc2nnc3n2CCC3)cc1. The van der Waals surface area contributed by atoms with Gasteiger partial charge in [-0.25, -0.2) is 0 Å². The Morgan fingerprint density at radius 2 is 2.14 bits per heavy atom. The van der Waals surface area contributed by atoms with Crippen molar-refractivity contribution in [2.75, 3.05) is 0 Å². The number of amides is 1. The second-order valence-corrected chi connectivity index (χ2v) is 5.43. The molecule has 1 aliphatic heterocycles. The van der Waals surface area contributed by atoms with Crippen molar-refractivity contribution in [1.82, 2.24) is 20.1 Å². The zero-order chi connectivity index (χ0) is 15.4. The molecule has 1 amide bonds. The number of rotatable bonds is 5. The van der Waals surface area contributed by atoms with Gasteiger partial charge in [0, 0.05) is 19.0 Å². The first-order valence-electron chi connectivity index (χ1n) is 7.72. The number of fused-ring (bicyclic) bond motifs is 1. The summed E-state index contributed by atoms with van der Waals surface area (Å²) in [6, 6.07) is 8.20. The molecule has 5 nitrogen and oxygen atoms in total. The van der Waals surface area contributed by atoms with Crippen LogP contribution in [0, 0.1) is 0 Å².